The Hall–Kier alpha value is -2.02. The average Bonchev–Trinajstić information content (AvgIpc) is 2.93. The summed E-state index contributed by atoms with van der Waals surface area (Å²) in [6, 6.07) is 3.26. The summed E-state index contributed by atoms with van der Waals surface area (Å²) < 4.78 is 4.55. The number of ether oxygens (including phenoxy) is 1. The fraction of sp³-hybridized carbons (Fsp3) is 0.333. The van der Waals surface area contributed by atoms with E-state index in [0.29, 0.717) is 12.4 Å². The summed E-state index contributed by atoms with van der Waals surface area (Å²) in [4.78, 5) is 16.7. The molecule has 0 saturated heterocycles. The summed E-state index contributed by atoms with van der Waals surface area (Å²) in [7, 11) is 1.31. The van der Waals surface area contributed by atoms with E-state index in [1.165, 1.54) is 12.0 Å². The van der Waals surface area contributed by atoms with E-state index in [2.05, 4.69) is 32.2 Å². The third-order valence-corrected chi connectivity index (χ3v) is 3.57. The van der Waals surface area contributed by atoms with Crippen LogP contribution in [0.1, 0.15) is 27.3 Å². The SMILES string of the molecule is CCc1cnc(CNc2ccc(C(=O)OC)nn2)s1. The third kappa shape index (κ3) is 3.47. The number of aryl methyl sites for hydroxylation is 1. The zero-order valence-corrected chi connectivity index (χ0v) is 11.5. The molecule has 0 unspecified atom stereocenters. The molecular weight excluding hydrogens is 264 g/mol. The second-order valence-corrected chi connectivity index (χ2v) is 4.92. The van der Waals surface area contributed by atoms with Crippen LogP contribution in [-0.2, 0) is 17.7 Å². The standard InChI is InChI=1S/C12H14N4O2S/c1-3-8-6-14-11(19-8)7-13-10-5-4-9(15-16-10)12(17)18-2/h4-6H,3,7H2,1-2H3,(H,13,16). The second-order valence-electron chi connectivity index (χ2n) is 3.72. The first-order valence-electron chi connectivity index (χ1n) is 5.82. The molecule has 7 heteroatoms. The second kappa shape index (κ2) is 6.24. The minimum atomic E-state index is -0.494. The van der Waals surface area contributed by atoms with Crippen molar-refractivity contribution in [1.82, 2.24) is 15.2 Å². The summed E-state index contributed by atoms with van der Waals surface area (Å²) in [5.41, 5.74) is 0.190. The molecule has 2 rings (SSSR count). The van der Waals surface area contributed by atoms with Crippen molar-refractivity contribution in [2.24, 2.45) is 0 Å². The molecule has 1 N–H and O–H groups in total. The van der Waals surface area contributed by atoms with Crippen molar-refractivity contribution in [2.45, 2.75) is 19.9 Å². The van der Waals surface area contributed by atoms with Crippen LogP contribution in [0, 0.1) is 0 Å². The maximum Gasteiger partial charge on any atom is 0.358 e. The van der Waals surface area contributed by atoms with Gasteiger partial charge in [-0.3, -0.25) is 0 Å². The van der Waals surface area contributed by atoms with Crippen LogP contribution in [0.15, 0.2) is 18.3 Å². The first-order chi connectivity index (χ1) is 9.22. The van der Waals surface area contributed by atoms with E-state index < -0.39 is 5.97 Å². The Morgan fingerprint density at radius 2 is 2.26 bits per heavy atom. The van der Waals surface area contributed by atoms with Crippen LogP contribution in [0.4, 0.5) is 5.82 Å². The number of thiazole rings is 1. The molecule has 0 aliphatic heterocycles. The van der Waals surface area contributed by atoms with Crippen LogP contribution in [-0.4, -0.2) is 28.3 Å². The molecule has 0 fully saturated rings. The van der Waals surface area contributed by atoms with Crippen LogP contribution in [0.2, 0.25) is 0 Å². The van der Waals surface area contributed by atoms with E-state index in [1.807, 2.05) is 6.20 Å². The maximum atomic E-state index is 11.2. The topological polar surface area (TPSA) is 77.0 Å². The van der Waals surface area contributed by atoms with Gasteiger partial charge < -0.3 is 10.1 Å². The van der Waals surface area contributed by atoms with Crippen LogP contribution in [0.25, 0.3) is 0 Å². The van der Waals surface area contributed by atoms with Crippen LogP contribution < -0.4 is 5.32 Å². The number of esters is 1. The maximum absolute atomic E-state index is 11.2. The highest BCUT2D eigenvalue weighted by molar-refractivity contribution is 7.11. The van der Waals surface area contributed by atoms with Crippen molar-refractivity contribution in [3.8, 4) is 0 Å². The van der Waals surface area contributed by atoms with Crippen molar-refractivity contribution in [2.75, 3.05) is 12.4 Å². The minimum absolute atomic E-state index is 0.190. The minimum Gasteiger partial charge on any atom is -0.464 e. The Labute approximate surface area is 114 Å². The molecule has 0 aliphatic carbocycles. The Morgan fingerprint density at radius 1 is 1.42 bits per heavy atom. The van der Waals surface area contributed by atoms with Gasteiger partial charge in [-0.1, -0.05) is 6.92 Å². The number of hydrogen-bond donors (Lipinski definition) is 1. The highest BCUT2D eigenvalue weighted by atomic mass is 32.1. The molecule has 2 heterocycles. The smallest absolute Gasteiger partial charge is 0.358 e. The van der Waals surface area contributed by atoms with Gasteiger partial charge >= 0.3 is 5.97 Å². The fourth-order valence-electron chi connectivity index (χ4n) is 1.40. The lowest BCUT2D eigenvalue weighted by Crippen LogP contribution is -2.07. The summed E-state index contributed by atoms with van der Waals surface area (Å²) in [6.07, 6.45) is 2.87. The van der Waals surface area contributed by atoms with E-state index in [0.717, 1.165) is 11.4 Å². The van der Waals surface area contributed by atoms with E-state index in [9.17, 15) is 4.79 Å². The molecule has 19 heavy (non-hydrogen) atoms. The lowest BCUT2D eigenvalue weighted by Gasteiger charge is -2.02. The molecule has 2 aromatic heterocycles. The third-order valence-electron chi connectivity index (χ3n) is 2.43. The largest absolute Gasteiger partial charge is 0.464 e. The van der Waals surface area contributed by atoms with Crippen molar-refractivity contribution >= 4 is 23.1 Å². The molecule has 0 saturated carbocycles. The molecule has 100 valence electrons. The summed E-state index contributed by atoms with van der Waals surface area (Å²) in [5, 5.41) is 11.8. The van der Waals surface area contributed by atoms with Gasteiger partial charge in [-0.2, -0.15) is 0 Å². The van der Waals surface area contributed by atoms with Gasteiger partial charge in [0.1, 0.15) is 10.8 Å². The van der Waals surface area contributed by atoms with Gasteiger partial charge in [0.15, 0.2) is 5.69 Å². The molecule has 0 radical (unpaired) electrons. The normalized spacial score (nSPS) is 10.2. The average molecular weight is 278 g/mol. The van der Waals surface area contributed by atoms with Crippen LogP contribution in [0.3, 0.4) is 0 Å². The number of anilines is 1. The van der Waals surface area contributed by atoms with Gasteiger partial charge in [0, 0.05) is 11.1 Å². The summed E-state index contributed by atoms with van der Waals surface area (Å²) in [5.74, 6) is 0.104. The van der Waals surface area contributed by atoms with Gasteiger partial charge in [-0.15, -0.1) is 21.5 Å². The van der Waals surface area contributed by atoms with E-state index >= 15 is 0 Å². The highest BCUT2D eigenvalue weighted by Gasteiger charge is 2.07. The summed E-state index contributed by atoms with van der Waals surface area (Å²) >= 11 is 1.67. The highest BCUT2D eigenvalue weighted by Crippen LogP contribution is 2.14. The number of nitrogens with one attached hydrogen (secondary N) is 1. The number of rotatable bonds is 5. The van der Waals surface area contributed by atoms with Crippen molar-refractivity contribution in [1.29, 1.82) is 0 Å². The van der Waals surface area contributed by atoms with Gasteiger partial charge in [0.2, 0.25) is 0 Å². The van der Waals surface area contributed by atoms with Crippen LogP contribution in [0.5, 0.6) is 0 Å². The Bertz CT molecular complexity index is 553. The van der Waals surface area contributed by atoms with Gasteiger partial charge in [-0.05, 0) is 18.6 Å². The number of carbonyl (C=O) groups is 1. The quantitative estimate of drug-likeness (QED) is 0.842. The van der Waals surface area contributed by atoms with Crippen molar-refractivity contribution in [3.63, 3.8) is 0 Å². The molecule has 6 nitrogen and oxygen atoms in total. The predicted molar refractivity (Wildman–Crippen MR) is 72.2 cm³/mol. The monoisotopic (exact) mass is 278 g/mol. The first kappa shape index (κ1) is 13.4. The van der Waals surface area contributed by atoms with Crippen LogP contribution >= 0.6 is 11.3 Å². The van der Waals surface area contributed by atoms with E-state index in [4.69, 9.17) is 0 Å². The molecule has 0 aliphatic rings. The molecule has 0 spiro atoms. The molecule has 0 bridgehead atoms. The number of hydrogen-bond acceptors (Lipinski definition) is 7. The van der Waals surface area contributed by atoms with Crippen molar-refractivity contribution < 1.29 is 9.53 Å². The molecule has 0 amide bonds. The lowest BCUT2D eigenvalue weighted by atomic mass is 10.4. The number of nitrogens with zero attached hydrogens (tertiary/aromatic N) is 3. The zero-order chi connectivity index (χ0) is 13.7. The zero-order valence-electron chi connectivity index (χ0n) is 10.7. The Balaban J connectivity index is 1.94. The number of methoxy groups -OCH3 is 1. The lowest BCUT2D eigenvalue weighted by molar-refractivity contribution is 0.0593. The van der Waals surface area contributed by atoms with Gasteiger partial charge in [0.25, 0.3) is 0 Å². The first-order valence-corrected chi connectivity index (χ1v) is 6.64. The summed E-state index contributed by atoms with van der Waals surface area (Å²) in [6.45, 7) is 2.69. The molecule has 2 aromatic rings. The predicted octanol–water partition coefficient (Wildman–Crippen LogP) is 1.89. The van der Waals surface area contributed by atoms with Gasteiger partial charge in [-0.25, -0.2) is 9.78 Å². The molecule has 0 aromatic carbocycles. The molecule has 0 atom stereocenters. The van der Waals surface area contributed by atoms with Crippen molar-refractivity contribution in [3.05, 3.63) is 33.9 Å². The Morgan fingerprint density at radius 3 is 2.84 bits per heavy atom. The van der Waals surface area contributed by atoms with Gasteiger partial charge in [0.05, 0.1) is 13.7 Å². The Kier molecular flexibility index (Phi) is 4.40. The van der Waals surface area contributed by atoms with E-state index in [1.54, 1.807) is 23.5 Å². The fourth-order valence-corrected chi connectivity index (χ4v) is 2.20. The number of carbonyl (C=O) groups excluding carboxylic acids is 1. The van der Waals surface area contributed by atoms with E-state index in [-0.39, 0.29) is 5.69 Å². The molecular formula is C12H14N4O2S. The number of aromatic nitrogens is 3.